The van der Waals surface area contributed by atoms with E-state index in [0.717, 1.165) is 5.69 Å². The second-order valence-corrected chi connectivity index (χ2v) is 5.89. The van der Waals surface area contributed by atoms with E-state index in [1.54, 1.807) is 30.5 Å². The van der Waals surface area contributed by atoms with Crippen molar-refractivity contribution in [2.45, 2.75) is 13.0 Å². The van der Waals surface area contributed by atoms with Crippen LogP contribution in [0.2, 0.25) is 0 Å². The lowest BCUT2D eigenvalue weighted by Crippen LogP contribution is -2.53. The van der Waals surface area contributed by atoms with E-state index in [9.17, 15) is 9.59 Å². The van der Waals surface area contributed by atoms with Crippen molar-refractivity contribution in [3.63, 3.8) is 0 Å². The largest absolute Gasteiger partial charge is 0.437 e. The Bertz CT molecular complexity index is 838. The van der Waals surface area contributed by atoms with Gasteiger partial charge in [0.2, 0.25) is 17.7 Å². The van der Waals surface area contributed by atoms with Gasteiger partial charge < -0.3 is 19.7 Å². The normalized spacial score (nSPS) is 16.5. The van der Waals surface area contributed by atoms with Crippen LogP contribution in [-0.2, 0) is 14.3 Å². The molecule has 0 aromatic carbocycles. The molecule has 1 aliphatic heterocycles. The number of hydrogen-bond acceptors (Lipinski definition) is 6. The summed E-state index contributed by atoms with van der Waals surface area (Å²) in [6.07, 6.45) is 4.37. The number of aryl methyl sites for hydroxylation is 1. The lowest BCUT2D eigenvalue weighted by atomic mass is 10.2. The van der Waals surface area contributed by atoms with Crippen molar-refractivity contribution >= 4 is 17.5 Å². The first kappa shape index (κ1) is 18.5. The molecular formula is C19H20N4O4. The summed E-state index contributed by atoms with van der Waals surface area (Å²) in [7, 11) is 0. The van der Waals surface area contributed by atoms with Gasteiger partial charge in [0, 0.05) is 18.8 Å². The summed E-state index contributed by atoms with van der Waals surface area (Å²) >= 11 is 0. The third kappa shape index (κ3) is 4.48. The van der Waals surface area contributed by atoms with Gasteiger partial charge in [-0.05, 0) is 31.2 Å². The Balaban J connectivity index is 1.65. The molecule has 27 heavy (non-hydrogen) atoms. The number of rotatable bonds is 5. The highest BCUT2D eigenvalue weighted by atomic mass is 16.5. The first-order chi connectivity index (χ1) is 13.1. The first-order valence-corrected chi connectivity index (χ1v) is 8.45. The van der Waals surface area contributed by atoms with Gasteiger partial charge in [-0.15, -0.1) is 0 Å². The van der Waals surface area contributed by atoms with E-state index >= 15 is 0 Å². The smallest absolute Gasteiger partial charge is 0.249 e. The van der Waals surface area contributed by atoms with Crippen LogP contribution < -0.4 is 10.1 Å². The number of ether oxygens (including phenoxy) is 2. The molecule has 1 aliphatic rings. The van der Waals surface area contributed by atoms with E-state index in [0.29, 0.717) is 30.5 Å². The van der Waals surface area contributed by atoms with Crippen LogP contribution >= 0.6 is 0 Å². The molecule has 8 nitrogen and oxygen atoms in total. The van der Waals surface area contributed by atoms with Crippen LogP contribution in [0.5, 0.6) is 11.6 Å². The average Bonchev–Trinajstić information content (AvgIpc) is 2.70. The van der Waals surface area contributed by atoms with Gasteiger partial charge in [0.15, 0.2) is 5.75 Å². The van der Waals surface area contributed by atoms with Crippen molar-refractivity contribution < 1.29 is 19.1 Å². The highest BCUT2D eigenvalue weighted by Crippen LogP contribution is 2.22. The van der Waals surface area contributed by atoms with Crippen LogP contribution in [-0.4, -0.2) is 52.5 Å². The van der Waals surface area contributed by atoms with E-state index in [-0.39, 0.29) is 18.4 Å². The topological polar surface area (TPSA) is 93.7 Å². The molecule has 8 heteroatoms. The number of hydrogen-bond donors (Lipinski definition) is 1. The van der Waals surface area contributed by atoms with Crippen LogP contribution in [0.25, 0.3) is 0 Å². The zero-order valence-corrected chi connectivity index (χ0v) is 14.9. The van der Waals surface area contributed by atoms with Crippen LogP contribution in [0.1, 0.15) is 5.69 Å². The summed E-state index contributed by atoms with van der Waals surface area (Å²) in [5.41, 5.74) is 1.24. The second-order valence-electron chi connectivity index (χ2n) is 5.89. The number of nitrogens with zero attached hydrogens (tertiary/aromatic N) is 3. The molecule has 140 valence electrons. The van der Waals surface area contributed by atoms with Gasteiger partial charge in [-0.25, -0.2) is 4.98 Å². The van der Waals surface area contributed by atoms with E-state index < -0.39 is 6.04 Å². The van der Waals surface area contributed by atoms with Gasteiger partial charge in [-0.2, -0.15) is 0 Å². The molecule has 3 rings (SSSR count). The standard InChI is InChI=1S/C19H20N4O4/c1-3-18(24)23-9-10-26-12-15(23)19(25)22-14-6-7-17(21-11-14)27-16-5-4-8-20-13(16)2/h3-8,11,15H,1,9-10,12H2,2H3,(H,22,25). The van der Waals surface area contributed by atoms with E-state index in [2.05, 4.69) is 21.9 Å². The molecule has 2 amide bonds. The van der Waals surface area contributed by atoms with Crippen LogP contribution in [0.4, 0.5) is 5.69 Å². The van der Waals surface area contributed by atoms with Gasteiger partial charge in [-0.3, -0.25) is 14.6 Å². The Morgan fingerprint density at radius 2 is 2.22 bits per heavy atom. The summed E-state index contributed by atoms with van der Waals surface area (Å²) < 4.78 is 11.0. The van der Waals surface area contributed by atoms with Crippen molar-refractivity contribution in [2.75, 3.05) is 25.1 Å². The summed E-state index contributed by atoms with van der Waals surface area (Å²) in [4.78, 5) is 34.2. The van der Waals surface area contributed by atoms with Crippen LogP contribution in [0.3, 0.4) is 0 Å². The Hall–Kier alpha value is -3.26. The fourth-order valence-corrected chi connectivity index (χ4v) is 2.63. The number of amides is 2. The molecule has 0 saturated carbocycles. The number of anilines is 1. The molecule has 2 aromatic heterocycles. The Labute approximate surface area is 156 Å². The molecule has 0 aliphatic carbocycles. The lowest BCUT2D eigenvalue weighted by molar-refractivity contribution is -0.142. The quantitative estimate of drug-likeness (QED) is 0.811. The lowest BCUT2D eigenvalue weighted by Gasteiger charge is -2.33. The molecule has 0 bridgehead atoms. The Kier molecular flexibility index (Phi) is 5.77. The van der Waals surface area contributed by atoms with Crippen molar-refractivity contribution in [3.8, 4) is 11.6 Å². The highest BCUT2D eigenvalue weighted by molar-refractivity contribution is 5.99. The minimum atomic E-state index is -0.710. The highest BCUT2D eigenvalue weighted by Gasteiger charge is 2.31. The number of carbonyl (C=O) groups excluding carboxylic acids is 2. The van der Waals surface area contributed by atoms with Gasteiger partial charge in [0.25, 0.3) is 0 Å². The zero-order valence-electron chi connectivity index (χ0n) is 14.9. The molecule has 0 radical (unpaired) electrons. The number of morpholine rings is 1. The van der Waals surface area contributed by atoms with E-state index in [4.69, 9.17) is 9.47 Å². The van der Waals surface area contributed by atoms with Gasteiger partial charge in [0.05, 0.1) is 30.8 Å². The fourth-order valence-electron chi connectivity index (χ4n) is 2.63. The number of carbonyl (C=O) groups is 2. The summed E-state index contributed by atoms with van der Waals surface area (Å²) in [6.45, 7) is 6.19. The minimum absolute atomic E-state index is 0.139. The second kappa shape index (κ2) is 8.41. The number of pyridine rings is 2. The minimum Gasteiger partial charge on any atom is -0.437 e. The van der Waals surface area contributed by atoms with Gasteiger partial charge >= 0.3 is 0 Å². The number of aromatic nitrogens is 2. The predicted molar refractivity (Wildman–Crippen MR) is 98.4 cm³/mol. The molecule has 1 atom stereocenters. The number of nitrogens with one attached hydrogen (secondary N) is 1. The Morgan fingerprint density at radius 1 is 1.37 bits per heavy atom. The monoisotopic (exact) mass is 368 g/mol. The molecule has 0 spiro atoms. The Morgan fingerprint density at radius 3 is 2.93 bits per heavy atom. The van der Waals surface area contributed by atoms with Crippen LogP contribution in [0.15, 0.2) is 49.3 Å². The fraction of sp³-hybridized carbons (Fsp3) is 0.263. The summed E-state index contributed by atoms with van der Waals surface area (Å²) in [5, 5.41) is 2.75. The van der Waals surface area contributed by atoms with Crippen molar-refractivity contribution in [1.29, 1.82) is 0 Å². The van der Waals surface area contributed by atoms with Crippen LogP contribution in [0, 0.1) is 6.92 Å². The third-order valence-corrected chi connectivity index (χ3v) is 4.07. The third-order valence-electron chi connectivity index (χ3n) is 4.07. The zero-order chi connectivity index (χ0) is 19.2. The van der Waals surface area contributed by atoms with Gasteiger partial charge in [0.1, 0.15) is 6.04 Å². The maximum absolute atomic E-state index is 12.5. The molecule has 3 heterocycles. The maximum atomic E-state index is 12.5. The molecule has 1 unspecified atom stereocenters. The predicted octanol–water partition coefficient (Wildman–Crippen LogP) is 1.93. The average molecular weight is 368 g/mol. The van der Waals surface area contributed by atoms with Gasteiger partial charge in [-0.1, -0.05) is 6.58 Å². The first-order valence-electron chi connectivity index (χ1n) is 8.45. The summed E-state index contributed by atoms with van der Waals surface area (Å²) in [5.74, 6) is 0.351. The van der Waals surface area contributed by atoms with E-state index in [1.165, 1.54) is 17.2 Å². The molecular weight excluding hydrogens is 348 g/mol. The van der Waals surface area contributed by atoms with Crippen molar-refractivity contribution in [3.05, 3.63) is 55.0 Å². The molecule has 2 aromatic rings. The SMILES string of the molecule is C=CC(=O)N1CCOCC1C(=O)Nc1ccc(Oc2cccnc2C)nc1. The molecule has 1 saturated heterocycles. The van der Waals surface area contributed by atoms with E-state index in [1.807, 2.05) is 6.92 Å². The van der Waals surface area contributed by atoms with Crippen molar-refractivity contribution in [1.82, 2.24) is 14.9 Å². The molecule has 1 fully saturated rings. The molecule has 1 N–H and O–H groups in total. The van der Waals surface area contributed by atoms with Crippen molar-refractivity contribution in [2.24, 2.45) is 0 Å². The maximum Gasteiger partial charge on any atom is 0.249 e. The summed E-state index contributed by atoms with van der Waals surface area (Å²) in [6, 6.07) is 6.19.